The minimum absolute atomic E-state index is 0.260. The standard InChI is InChI=1S/C12H20N2O3/c1-14(8-10-5-6-13-7-10)9-11(15)3-4-12(16)17-2/h5-7,11,13,15H,3-4,8-9H2,1-2H3. The van der Waals surface area contributed by atoms with E-state index in [9.17, 15) is 9.90 Å². The fourth-order valence-corrected chi connectivity index (χ4v) is 1.67. The molecule has 1 aromatic heterocycles. The number of carbonyl (C=O) groups is 1. The predicted molar refractivity (Wildman–Crippen MR) is 64.4 cm³/mol. The lowest BCUT2D eigenvalue weighted by Crippen LogP contribution is -2.29. The molecule has 0 bridgehead atoms. The number of nitrogens with zero attached hydrogens (tertiary/aromatic N) is 1. The zero-order valence-corrected chi connectivity index (χ0v) is 10.3. The zero-order valence-electron chi connectivity index (χ0n) is 10.3. The number of H-pyrrole nitrogens is 1. The van der Waals surface area contributed by atoms with Crippen LogP contribution in [-0.2, 0) is 16.1 Å². The van der Waals surface area contributed by atoms with E-state index in [0.717, 1.165) is 6.54 Å². The number of ether oxygens (including phenoxy) is 1. The number of methoxy groups -OCH3 is 1. The van der Waals surface area contributed by atoms with Gasteiger partial charge in [0.15, 0.2) is 0 Å². The molecule has 0 saturated heterocycles. The van der Waals surface area contributed by atoms with Gasteiger partial charge >= 0.3 is 5.97 Å². The third kappa shape index (κ3) is 5.51. The van der Waals surface area contributed by atoms with Crippen LogP contribution in [0.1, 0.15) is 18.4 Å². The summed E-state index contributed by atoms with van der Waals surface area (Å²) in [6.45, 7) is 1.32. The first-order chi connectivity index (χ1) is 8.11. The van der Waals surface area contributed by atoms with Crippen molar-refractivity contribution in [2.45, 2.75) is 25.5 Å². The van der Waals surface area contributed by atoms with E-state index in [2.05, 4.69) is 9.72 Å². The van der Waals surface area contributed by atoms with Crippen LogP contribution in [0.15, 0.2) is 18.5 Å². The van der Waals surface area contributed by atoms with Gasteiger partial charge in [-0.2, -0.15) is 0 Å². The third-order valence-electron chi connectivity index (χ3n) is 2.55. The third-order valence-corrected chi connectivity index (χ3v) is 2.55. The van der Waals surface area contributed by atoms with Crippen LogP contribution in [-0.4, -0.2) is 47.8 Å². The van der Waals surface area contributed by atoms with E-state index in [4.69, 9.17) is 0 Å². The topological polar surface area (TPSA) is 65.6 Å². The Labute approximate surface area is 101 Å². The molecule has 0 radical (unpaired) electrons. The van der Waals surface area contributed by atoms with Crippen LogP contribution in [0.25, 0.3) is 0 Å². The molecule has 1 heterocycles. The Bertz CT molecular complexity index is 325. The van der Waals surface area contributed by atoms with E-state index in [1.165, 1.54) is 12.7 Å². The van der Waals surface area contributed by atoms with Gasteiger partial charge in [-0.1, -0.05) is 0 Å². The van der Waals surface area contributed by atoms with E-state index >= 15 is 0 Å². The molecule has 1 rings (SSSR count). The quantitative estimate of drug-likeness (QED) is 0.691. The first-order valence-electron chi connectivity index (χ1n) is 5.67. The van der Waals surface area contributed by atoms with Crippen molar-refractivity contribution in [1.29, 1.82) is 0 Å². The maximum absolute atomic E-state index is 10.9. The van der Waals surface area contributed by atoms with Crippen LogP contribution in [0.3, 0.4) is 0 Å². The van der Waals surface area contributed by atoms with Gasteiger partial charge in [-0.15, -0.1) is 0 Å². The number of likely N-dealkylation sites (N-methyl/N-ethyl adjacent to an activating group) is 1. The summed E-state index contributed by atoms with van der Waals surface area (Å²) < 4.78 is 4.52. The molecule has 0 spiro atoms. The van der Waals surface area contributed by atoms with Crippen LogP contribution in [0.5, 0.6) is 0 Å². The van der Waals surface area contributed by atoms with Crippen molar-refractivity contribution in [3.63, 3.8) is 0 Å². The second-order valence-electron chi connectivity index (χ2n) is 4.18. The Hall–Kier alpha value is -1.33. The highest BCUT2D eigenvalue weighted by Gasteiger charge is 2.11. The van der Waals surface area contributed by atoms with Crippen molar-refractivity contribution in [3.05, 3.63) is 24.0 Å². The molecule has 0 aliphatic heterocycles. The summed E-state index contributed by atoms with van der Waals surface area (Å²) >= 11 is 0. The van der Waals surface area contributed by atoms with E-state index in [1.807, 2.05) is 30.4 Å². The van der Waals surface area contributed by atoms with Crippen LogP contribution in [0.2, 0.25) is 0 Å². The summed E-state index contributed by atoms with van der Waals surface area (Å²) in [5, 5.41) is 9.74. The number of nitrogens with one attached hydrogen (secondary N) is 1. The smallest absolute Gasteiger partial charge is 0.305 e. The molecular weight excluding hydrogens is 220 g/mol. The molecular formula is C12H20N2O3. The summed E-state index contributed by atoms with van der Waals surface area (Å²) in [6, 6.07) is 2.00. The monoisotopic (exact) mass is 240 g/mol. The SMILES string of the molecule is COC(=O)CCC(O)CN(C)Cc1cc[nH]c1. The molecule has 17 heavy (non-hydrogen) atoms. The van der Waals surface area contributed by atoms with E-state index < -0.39 is 6.10 Å². The number of aliphatic hydroxyl groups excluding tert-OH is 1. The molecule has 2 N–H and O–H groups in total. The number of hydrogen-bond acceptors (Lipinski definition) is 4. The van der Waals surface area contributed by atoms with Crippen molar-refractivity contribution < 1.29 is 14.6 Å². The molecule has 1 atom stereocenters. The molecule has 0 aromatic carbocycles. The largest absolute Gasteiger partial charge is 0.469 e. The van der Waals surface area contributed by atoms with Gasteiger partial charge in [0, 0.05) is 31.9 Å². The van der Waals surface area contributed by atoms with Crippen LogP contribution in [0.4, 0.5) is 0 Å². The molecule has 0 saturated carbocycles. The number of aromatic amines is 1. The van der Waals surface area contributed by atoms with Gasteiger partial charge in [-0.3, -0.25) is 9.69 Å². The number of esters is 1. The minimum Gasteiger partial charge on any atom is -0.469 e. The van der Waals surface area contributed by atoms with E-state index in [1.54, 1.807) is 0 Å². The fraction of sp³-hybridized carbons (Fsp3) is 0.583. The van der Waals surface area contributed by atoms with Gasteiger partial charge in [0.05, 0.1) is 13.2 Å². The first-order valence-corrected chi connectivity index (χ1v) is 5.67. The molecule has 1 aromatic rings. The van der Waals surface area contributed by atoms with Crippen LogP contribution < -0.4 is 0 Å². The molecule has 96 valence electrons. The van der Waals surface area contributed by atoms with Gasteiger partial charge in [-0.25, -0.2) is 0 Å². The lowest BCUT2D eigenvalue weighted by atomic mass is 10.2. The maximum atomic E-state index is 10.9. The zero-order chi connectivity index (χ0) is 12.7. The van der Waals surface area contributed by atoms with Gasteiger partial charge in [0.2, 0.25) is 0 Å². The number of rotatable bonds is 7. The van der Waals surface area contributed by atoms with Gasteiger partial charge in [0.25, 0.3) is 0 Å². The van der Waals surface area contributed by atoms with Crippen molar-refractivity contribution in [2.75, 3.05) is 20.7 Å². The lowest BCUT2D eigenvalue weighted by Gasteiger charge is -2.19. The number of hydrogen-bond donors (Lipinski definition) is 2. The van der Waals surface area contributed by atoms with Crippen LogP contribution in [0, 0.1) is 0 Å². The Morgan fingerprint density at radius 3 is 3.00 bits per heavy atom. The van der Waals surface area contributed by atoms with Crippen molar-refractivity contribution >= 4 is 5.97 Å². The average Bonchev–Trinajstić information content (AvgIpc) is 2.78. The number of aromatic nitrogens is 1. The summed E-state index contributed by atoms with van der Waals surface area (Å²) in [7, 11) is 3.29. The average molecular weight is 240 g/mol. The Morgan fingerprint density at radius 2 is 2.41 bits per heavy atom. The highest BCUT2D eigenvalue weighted by Crippen LogP contribution is 2.05. The summed E-state index contributed by atoms with van der Waals surface area (Å²) in [5.41, 5.74) is 1.17. The lowest BCUT2D eigenvalue weighted by molar-refractivity contribution is -0.141. The Kier molecular flexibility index (Phi) is 5.72. The predicted octanol–water partition coefficient (Wildman–Crippen LogP) is 0.761. The molecule has 1 unspecified atom stereocenters. The molecule has 0 aliphatic carbocycles. The molecule has 0 aliphatic rings. The van der Waals surface area contributed by atoms with E-state index in [-0.39, 0.29) is 12.4 Å². The number of carbonyl (C=O) groups excluding carboxylic acids is 1. The second-order valence-corrected chi connectivity index (χ2v) is 4.18. The summed E-state index contributed by atoms with van der Waals surface area (Å²) in [5.74, 6) is -0.280. The molecule has 0 amide bonds. The summed E-state index contributed by atoms with van der Waals surface area (Å²) in [4.78, 5) is 15.9. The van der Waals surface area contributed by atoms with Gasteiger partial charge in [0.1, 0.15) is 0 Å². The minimum atomic E-state index is -0.502. The molecule has 5 heteroatoms. The van der Waals surface area contributed by atoms with Crippen molar-refractivity contribution in [3.8, 4) is 0 Å². The van der Waals surface area contributed by atoms with Gasteiger partial charge in [-0.05, 0) is 25.1 Å². The normalized spacial score (nSPS) is 12.7. The Morgan fingerprint density at radius 1 is 1.65 bits per heavy atom. The maximum Gasteiger partial charge on any atom is 0.305 e. The highest BCUT2D eigenvalue weighted by molar-refractivity contribution is 5.69. The van der Waals surface area contributed by atoms with Crippen molar-refractivity contribution in [2.24, 2.45) is 0 Å². The molecule has 5 nitrogen and oxygen atoms in total. The van der Waals surface area contributed by atoms with Crippen LogP contribution >= 0.6 is 0 Å². The van der Waals surface area contributed by atoms with Gasteiger partial charge < -0.3 is 14.8 Å². The second kappa shape index (κ2) is 7.09. The first kappa shape index (κ1) is 13.7. The molecule has 0 fully saturated rings. The van der Waals surface area contributed by atoms with Crippen molar-refractivity contribution in [1.82, 2.24) is 9.88 Å². The number of aliphatic hydroxyl groups is 1. The van der Waals surface area contributed by atoms with E-state index in [0.29, 0.717) is 13.0 Å². The fourth-order valence-electron chi connectivity index (χ4n) is 1.67. The highest BCUT2D eigenvalue weighted by atomic mass is 16.5. The summed E-state index contributed by atoms with van der Waals surface area (Å²) in [6.07, 6.45) is 3.99. The Balaban J connectivity index is 2.21.